The Bertz CT molecular complexity index is 257. The summed E-state index contributed by atoms with van der Waals surface area (Å²) in [5, 5.41) is 9.75. The van der Waals surface area contributed by atoms with E-state index in [4.69, 9.17) is 4.74 Å². The molecule has 1 aliphatic rings. The molecule has 0 aromatic carbocycles. The van der Waals surface area contributed by atoms with Crippen LogP contribution >= 0.6 is 0 Å². The molecule has 1 fully saturated rings. The second kappa shape index (κ2) is 4.35. The highest BCUT2D eigenvalue weighted by Crippen LogP contribution is 2.34. The zero-order valence-electron chi connectivity index (χ0n) is 9.75. The standard InChI is InChI=1S/C12H20O3/c1-11(2,3)15-10(13)6-4-7-12(14)8-5-9-12/h4,6,14H,5,7-9H2,1-3H3. The summed E-state index contributed by atoms with van der Waals surface area (Å²) < 4.78 is 5.10. The molecule has 0 heterocycles. The zero-order chi connectivity index (χ0) is 11.5. The first-order chi connectivity index (χ1) is 6.81. The van der Waals surface area contributed by atoms with E-state index in [0.29, 0.717) is 6.42 Å². The number of aliphatic hydroxyl groups is 1. The molecule has 1 aliphatic carbocycles. The number of esters is 1. The third-order valence-electron chi connectivity index (χ3n) is 2.44. The summed E-state index contributed by atoms with van der Waals surface area (Å²) in [4.78, 5) is 11.3. The Morgan fingerprint density at radius 3 is 2.47 bits per heavy atom. The van der Waals surface area contributed by atoms with Crippen LogP contribution in [0.3, 0.4) is 0 Å². The van der Waals surface area contributed by atoms with Crippen molar-refractivity contribution in [1.29, 1.82) is 0 Å². The summed E-state index contributed by atoms with van der Waals surface area (Å²) in [5.41, 5.74) is -1.01. The number of hydrogen-bond acceptors (Lipinski definition) is 3. The number of hydrogen-bond donors (Lipinski definition) is 1. The minimum absolute atomic E-state index is 0.342. The van der Waals surface area contributed by atoms with Gasteiger partial charge in [-0.2, -0.15) is 0 Å². The van der Waals surface area contributed by atoms with Crippen LogP contribution in [-0.2, 0) is 9.53 Å². The molecular weight excluding hydrogens is 192 g/mol. The monoisotopic (exact) mass is 212 g/mol. The van der Waals surface area contributed by atoms with Gasteiger partial charge in [-0.3, -0.25) is 0 Å². The van der Waals surface area contributed by atoms with Gasteiger partial charge in [0.15, 0.2) is 0 Å². The van der Waals surface area contributed by atoms with Crippen LogP contribution in [0.25, 0.3) is 0 Å². The molecule has 0 saturated heterocycles. The van der Waals surface area contributed by atoms with Crippen LogP contribution in [0.1, 0.15) is 46.5 Å². The van der Waals surface area contributed by atoms with Crippen LogP contribution in [0.5, 0.6) is 0 Å². The van der Waals surface area contributed by atoms with E-state index in [2.05, 4.69) is 0 Å². The van der Waals surface area contributed by atoms with Crippen molar-refractivity contribution in [3.63, 3.8) is 0 Å². The second-order valence-electron chi connectivity index (χ2n) is 5.22. The molecule has 1 saturated carbocycles. The van der Waals surface area contributed by atoms with E-state index in [1.165, 1.54) is 6.08 Å². The molecule has 0 amide bonds. The van der Waals surface area contributed by atoms with E-state index >= 15 is 0 Å². The molecular formula is C12H20O3. The number of carbonyl (C=O) groups is 1. The molecule has 0 unspecified atom stereocenters. The van der Waals surface area contributed by atoms with Crippen molar-refractivity contribution >= 4 is 5.97 Å². The first-order valence-corrected chi connectivity index (χ1v) is 5.43. The average Bonchev–Trinajstić information content (AvgIpc) is 1.97. The Labute approximate surface area is 91.1 Å². The largest absolute Gasteiger partial charge is 0.457 e. The molecule has 0 atom stereocenters. The van der Waals surface area contributed by atoms with Crippen LogP contribution in [0.15, 0.2) is 12.2 Å². The van der Waals surface area contributed by atoms with Crippen LogP contribution < -0.4 is 0 Å². The van der Waals surface area contributed by atoms with E-state index in [1.54, 1.807) is 6.08 Å². The number of carbonyl (C=O) groups excluding carboxylic acids is 1. The highest BCUT2D eigenvalue weighted by atomic mass is 16.6. The van der Waals surface area contributed by atoms with Crippen LogP contribution in [-0.4, -0.2) is 22.3 Å². The summed E-state index contributed by atoms with van der Waals surface area (Å²) in [7, 11) is 0. The molecule has 0 bridgehead atoms. The van der Waals surface area contributed by atoms with Crippen LogP contribution in [0, 0.1) is 0 Å². The summed E-state index contributed by atoms with van der Waals surface area (Å²) in [6, 6.07) is 0. The van der Waals surface area contributed by atoms with Crippen molar-refractivity contribution in [3.05, 3.63) is 12.2 Å². The maximum Gasteiger partial charge on any atom is 0.330 e. The molecule has 0 aromatic rings. The maximum atomic E-state index is 11.3. The Balaban J connectivity index is 2.28. The first kappa shape index (κ1) is 12.2. The number of ether oxygens (including phenoxy) is 1. The van der Waals surface area contributed by atoms with Gasteiger partial charge in [0.05, 0.1) is 5.60 Å². The minimum atomic E-state index is -0.557. The van der Waals surface area contributed by atoms with Gasteiger partial charge in [0, 0.05) is 6.08 Å². The predicted molar refractivity (Wildman–Crippen MR) is 58.4 cm³/mol. The average molecular weight is 212 g/mol. The van der Waals surface area contributed by atoms with Gasteiger partial charge < -0.3 is 9.84 Å². The fourth-order valence-electron chi connectivity index (χ4n) is 1.50. The van der Waals surface area contributed by atoms with Gasteiger partial charge in [0.2, 0.25) is 0 Å². The van der Waals surface area contributed by atoms with Crippen molar-refractivity contribution in [2.24, 2.45) is 0 Å². The van der Waals surface area contributed by atoms with Crippen molar-refractivity contribution in [2.75, 3.05) is 0 Å². The summed E-state index contributed by atoms with van der Waals surface area (Å²) in [6.07, 6.45) is 6.41. The van der Waals surface area contributed by atoms with Crippen molar-refractivity contribution in [1.82, 2.24) is 0 Å². The Kier molecular flexibility index (Phi) is 3.55. The van der Waals surface area contributed by atoms with Crippen LogP contribution in [0.2, 0.25) is 0 Å². The zero-order valence-corrected chi connectivity index (χ0v) is 9.75. The molecule has 0 radical (unpaired) electrons. The lowest BCUT2D eigenvalue weighted by Gasteiger charge is -2.35. The summed E-state index contributed by atoms with van der Waals surface area (Å²) in [6.45, 7) is 5.49. The normalized spacial score (nSPS) is 20.0. The quantitative estimate of drug-likeness (QED) is 0.576. The SMILES string of the molecule is CC(C)(C)OC(=O)C=CCC1(O)CCC1. The minimum Gasteiger partial charge on any atom is -0.457 e. The lowest BCUT2D eigenvalue weighted by molar-refractivity contribution is -0.148. The molecule has 1 N–H and O–H groups in total. The van der Waals surface area contributed by atoms with Gasteiger partial charge in [0.1, 0.15) is 5.60 Å². The third-order valence-corrected chi connectivity index (χ3v) is 2.44. The van der Waals surface area contributed by atoms with E-state index < -0.39 is 11.2 Å². The van der Waals surface area contributed by atoms with Gasteiger partial charge in [-0.15, -0.1) is 0 Å². The van der Waals surface area contributed by atoms with E-state index in [-0.39, 0.29) is 5.97 Å². The highest BCUT2D eigenvalue weighted by molar-refractivity contribution is 5.82. The van der Waals surface area contributed by atoms with Gasteiger partial charge in [-0.05, 0) is 46.5 Å². The highest BCUT2D eigenvalue weighted by Gasteiger charge is 2.32. The molecule has 1 rings (SSSR count). The maximum absolute atomic E-state index is 11.3. The number of rotatable bonds is 3. The Hall–Kier alpha value is -0.830. The van der Waals surface area contributed by atoms with Crippen molar-refractivity contribution in [3.8, 4) is 0 Å². The fraction of sp³-hybridized carbons (Fsp3) is 0.750. The molecule has 15 heavy (non-hydrogen) atoms. The van der Waals surface area contributed by atoms with E-state index in [1.807, 2.05) is 20.8 Å². The molecule has 3 nitrogen and oxygen atoms in total. The van der Waals surface area contributed by atoms with Crippen LogP contribution in [0.4, 0.5) is 0 Å². The molecule has 0 aliphatic heterocycles. The molecule has 0 spiro atoms. The molecule has 0 aromatic heterocycles. The predicted octanol–water partition coefficient (Wildman–Crippen LogP) is 2.19. The lowest BCUT2D eigenvalue weighted by atomic mass is 9.78. The summed E-state index contributed by atoms with van der Waals surface area (Å²) in [5.74, 6) is -0.342. The summed E-state index contributed by atoms with van der Waals surface area (Å²) >= 11 is 0. The molecule has 86 valence electrons. The van der Waals surface area contributed by atoms with Gasteiger partial charge in [0.25, 0.3) is 0 Å². The lowest BCUT2D eigenvalue weighted by Crippen LogP contribution is -2.35. The first-order valence-electron chi connectivity index (χ1n) is 5.43. The Morgan fingerprint density at radius 1 is 1.47 bits per heavy atom. The molecule has 3 heteroatoms. The third kappa shape index (κ3) is 4.47. The van der Waals surface area contributed by atoms with Gasteiger partial charge in [-0.1, -0.05) is 6.08 Å². The smallest absolute Gasteiger partial charge is 0.330 e. The second-order valence-corrected chi connectivity index (χ2v) is 5.22. The van der Waals surface area contributed by atoms with Gasteiger partial charge >= 0.3 is 5.97 Å². The topological polar surface area (TPSA) is 46.5 Å². The van der Waals surface area contributed by atoms with Gasteiger partial charge in [-0.25, -0.2) is 4.79 Å². The van der Waals surface area contributed by atoms with Crippen molar-refractivity contribution < 1.29 is 14.6 Å². The Morgan fingerprint density at radius 2 is 2.07 bits per heavy atom. The van der Waals surface area contributed by atoms with E-state index in [9.17, 15) is 9.90 Å². The fourth-order valence-corrected chi connectivity index (χ4v) is 1.50. The van der Waals surface area contributed by atoms with Crippen molar-refractivity contribution in [2.45, 2.75) is 57.7 Å². The van der Waals surface area contributed by atoms with E-state index in [0.717, 1.165) is 19.3 Å².